The van der Waals surface area contributed by atoms with Gasteiger partial charge in [0.2, 0.25) is 0 Å². The van der Waals surface area contributed by atoms with Crippen LogP contribution in [-0.4, -0.2) is 14.9 Å². The van der Waals surface area contributed by atoms with E-state index >= 15 is 0 Å². The number of aliphatic hydroxyl groups excluding tert-OH is 1. The Balaban J connectivity index is 2.43. The summed E-state index contributed by atoms with van der Waals surface area (Å²) < 4.78 is 28.2. The molecule has 1 heterocycles. The van der Waals surface area contributed by atoms with Crippen LogP contribution in [0.2, 0.25) is 5.02 Å². The second-order valence-corrected chi connectivity index (χ2v) is 4.01. The smallest absolute Gasteiger partial charge is 0.142 e. The molecule has 0 aliphatic rings. The first-order valence-corrected chi connectivity index (χ1v) is 5.19. The third-order valence-corrected chi connectivity index (χ3v) is 2.64. The molecule has 0 bridgehead atoms. The first kappa shape index (κ1) is 12.0. The number of halogens is 3. The molecule has 0 aliphatic carbocycles. The van der Waals surface area contributed by atoms with Gasteiger partial charge in [0, 0.05) is 18.8 Å². The lowest BCUT2D eigenvalue weighted by Gasteiger charge is -2.10. The Morgan fingerprint density at radius 3 is 2.65 bits per heavy atom. The molecule has 0 radical (unpaired) electrons. The molecule has 1 aromatic carbocycles. The summed E-state index contributed by atoms with van der Waals surface area (Å²) in [6, 6.07) is 3.23. The van der Waals surface area contributed by atoms with Crippen molar-refractivity contribution >= 4 is 11.6 Å². The molecule has 0 fully saturated rings. The van der Waals surface area contributed by atoms with E-state index in [4.69, 9.17) is 11.6 Å². The van der Waals surface area contributed by atoms with Gasteiger partial charge in [-0.2, -0.15) is 5.10 Å². The van der Waals surface area contributed by atoms with E-state index in [2.05, 4.69) is 5.10 Å². The van der Waals surface area contributed by atoms with Gasteiger partial charge in [-0.3, -0.25) is 4.68 Å². The van der Waals surface area contributed by atoms with Crippen molar-refractivity contribution in [3.8, 4) is 0 Å². The molecule has 0 saturated heterocycles. The Morgan fingerprint density at radius 1 is 1.35 bits per heavy atom. The maximum Gasteiger partial charge on any atom is 0.142 e. The number of rotatable bonds is 2. The Hall–Kier alpha value is -1.46. The van der Waals surface area contributed by atoms with Gasteiger partial charge < -0.3 is 5.11 Å². The minimum Gasteiger partial charge on any atom is -0.382 e. The molecule has 2 aromatic rings. The van der Waals surface area contributed by atoms with Gasteiger partial charge in [0.15, 0.2) is 0 Å². The molecular formula is C11H9ClF2N2O. The molecule has 0 amide bonds. The number of hydrogen-bond donors (Lipinski definition) is 1. The maximum absolute atomic E-state index is 13.5. The van der Waals surface area contributed by atoms with Gasteiger partial charge in [0.25, 0.3) is 0 Å². The van der Waals surface area contributed by atoms with Crippen molar-refractivity contribution in [3.63, 3.8) is 0 Å². The van der Waals surface area contributed by atoms with E-state index < -0.39 is 17.7 Å². The predicted octanol–water partition coefficient (Wildman–Crippen LogP) is 2.43. The highest BCUT2D eigenvalue weighted by Gasteiger charge is 2.19. The fourth-order valence-corrected chi connectivity index (χ4v) is 1.64. The molecule has 0 saturated carbocycles. The Bertz CT molecular complexity index is 556. The molecule has 6 heteroatoms. The average Bonchev–Trinajstić information content (AvgIpc) is 2.69. The molecule has 1 atom stereocenters. The lowest BCUT2D eigenvalue weighted by atomic mass is 10.1. The second kappa shape index (κ2) is 4.43. The summed E-state index contributed by atoms with van der Waals surface area (Å²) in [5.41, 5.74) is 0.0544. The first-order chi connectivity index (χ1) is 7.99. The number of hydrogen-bond acceptors (Lipinski definition) is 2. The topological polar surface area (TPSA) is 38.0 Å². The van der Waals surface area contributed by atoms with E-state index in [1.807, 2.05) is 0 Å². The molecule has 1 aromatic heterocycles. The predicted molar refractivity (Wildman–Crippen MR) is 58.6 cm³/mol. The number of aryl methyl sites for hydroxylation is 1. The fraction of sp³-hybridized carbons (Fsp3) is 0.182. The lowest BCUT2D eigenvalue weighted by Crippen LogP contribution is -2.05. The molecule has 2 rings (SSSR count). The van der Waals surface area contributed by atoms with Crippen LogP contribution in [0.5, 0.6) is 0 Å². The van der Waals surface area contributed by atoms with Crippen LogP contribution in [0.3, 0.4) is 0 Å². The average molecular weight is 259 g/mol. The summed E-state index contributed by atoms with van der Waals surface area (Å²) in [6.07, 6.45) is 0.283. The molecule has 90 valence electrons. The monoisotopic (exact) mass is 258 g/mol. The van der Waals surface area contributed by atoms with Crippen molar-refractivity contribution in [2.75, 3.05) is 0 Å². The summed E-state index contributed by atoms with van der Waals surface area (Å²) in [5.74, 6) is -1.55. The van der Waals surface area contributed by atoms with Crippen molar-refractivity contribution in [3.05, 3.63) is 52.3 Å². The number of aliphatic hydroxyl groups is 1. The quantitative estimate of drug-likeness (QED) is 0.840. The molecule has 17 heavy (non-hydrogen) atoms. The van der Waals surface area contributed by atoms with Crippen LogP contribution >= 0.6 is 11.6 Å². The van der Waals surface area contributed by atoms with Crippen molar-refractivity contribution in [2.45, 2.75) is 6.10 Å². The van der Waals surface area contributed by atoms with E-state index in [1.54, 1.807) is 13.2 Å². The van der Waals surface area contributed by atoms with Crippen LogP contribution in [0, 0.1) is 11.6 Å². The van der Waals surface area contributed by atoms with Gasteiger partial charge in [0.1, 0.15) is 17.7 Å². The summed E-state index contributed by atoms with van der Waals surface area (Å²) in [5, 5.41) is 13.5. The van der Waals surface area contributed by atoms with Gasteiger partial charge in [0.05, 0.1) is 10.7 Å². The highest BCUT2D eigenvalue weighted by molar-refractivity contribution is 6.30. The summed E-state index contributed by atoms with van der Waals surface area (Å²) >= 11 is 5.42. The van der Waals surface area contributed by atoms with E-state index in [-0.39, 0.29) is 16.3 Å². The molecule has 1 N–H and O–H groups in total. The lowest BCUT2D eigenvalue weighted by molar-refractivity contribution is 0.208. The van der Waals surface area contributed by atoms with E-state index in [1.165, 1.54) is 10.7 Å². The van der Waals surface area contributed by atoms with Gasteiger partial charge >= 0.3 is 0 Å². The number of benzene rings is 1. The fourth-order valence-electron chi connectivity index (χ4n) is 1.49. The number of aromatic nitrogens is 2. The highest BCUT2D eigenvalue weighted by Crippen LogP contribution is 2.27. The van der Waals surface area contributed by atoms with Gasteiger partial charge in [-0.05, 0) is 18.2 Å². The molecule has 1 unspecified atom stereocenters. The van der Waals surface area contributed by atoms with Crippen LogP contribution in [0.25, 0.3) is 0 Å². The van der Waals surface area contributed by atoms with E-state index in [0.29, 0.717) is 0 Å². The minimum absolute atomic E-state index is 0.189. The van der Waals surface area contributed by atoms with E-state index in [0.717, 1.165) is 12.1 Å². The zero-order chi connectivity index (χ0) is 12.6. The Labute approximate surface area is 101 Å². The molecule has 3 nitrogen and oxygen atoms in total. The molecule has 0 spiro atoms. The normalized spacial score (nSPS) is 12.8. The van der Waals surface area contributed by atoms with Crippen molar-refractivity contribution in [1.29, 1.82) is 0 Å². The zero-order valence-corrected chi connectivity index (χ0v) is 9.62. The Kier molecular flexibility index (Phi) is 3.13. The summed E-state index contributed by atoms with van der Waals surface area (Å²) in [7, 11) is 1.66. The van der Waals surface area contributed by atoms with Crippen molar-refractivity contribution in [1.82, 2.24) is 9.78 Å². The van der Waals surface area contributed by atoms with Crippen molar-refractivity contribution in [2.24, 2.45) is 7.05 Å². The standard InChI is InChI=1S/C11H9ClF2N2O/c1-16-3-2-10(15-16)11(17)6-4-9(14)7(12)5-8(6)13/h2-5,11,17H,1H3. The third-order valence-electron chi connectivity index (χ3n) is 2.35. The summed E-state index contributed by atoms with van der Waals surface area (Å²) in [4.78, 5) is 0. The minimum atomic E-state index is -1.32. The SMILES string of the molecule is Cn1ccc(C(O)c2cc(F)c(Cl)cc2F)n1. The zero-order valence-electron chi connectivity index (χ0n) is 8.86. The van der Waals surface area contributed by atoms with Crippen molar-refractivity contribution < 1.29 is 13.9 Å². The molecular weight excluding hydrogens is 250 g/mol. The Morgan fingerprint density at radius 2 is 2.06 bits per heavy atom. The van der Waals surface area contributed by atoms with Crippen LogP contribution in [-0.2, 0) is 7.05 Å². The summed E-state index contributed by atoms with van der Waals surface area (Å²) in [6.45, 7) is 0. The first-order valence-electron chi connectivity index (χ1n) is 4.81. The van der Waals surface area contributed by atoms with Crippen LogP contribution in [0.15, 0.2) is 24.4 Å². The van der Waals surface area contributed by atoms with Gasteiger partial charge in [-0.15, -0.1) is 0 Å². The van der Waals surface area contributed by atoms with Gasteiger partial charge in [-0.1, -0.05) is 11.6 Å². The van der Waals surface area contributed by atoms with Crippen LogP contribution < -0.4 is 0 Å². The largest absolute Gasteiger partial charge is 0.382 e. The second-order valence-electron chi connectivity index (χ2n) is 3.60. The maximum atomic E-state index is 13.5. The van der Waals surface area contributed by atoms with Crippen LogP contribution in [0.1, 0.15) is 17.4 Å². The highest BCUT2D eigenvalue weighted by atomic mass is 35.5. The van der Waals surface area contributed by atoms with E-state index in [9.17, 15) is 13.9 Å². The third kappa shape index (κ3) is 2.30. The van der Waals surface area contributed by atoms with Crippen LogP contribution in [0.4, 0.5) is 8.78 Å². The number of nitrogens with zero attached hydrogens (tertiary/aromatic N) is 2. The molecule has 0 aliphatic heterocycles. The van der Waals surface area contributed by atoms with Gasteiger partial charge in [-0.25, -0.2) is 8.78 Å².